The van der Waals surface area contributed by atoms with Crippen LogP contribution >= 0.6 is 0 Å². The van der Waals surface area contributed by atoms with Gasteiger partial charge in [0.25, 0.3) is 0 Å². The number of unbranched alkanes of at least 4 members (excludes halogenated alkanes) is 9. The molecule has 0 aromatic carbocycles. The molecule has 2 aliphatic rings. The lowest BCUT2D eigenvalue weighted by Gasteiger charge is -2.46. The van der Waals surface area contributed by atoms with Crippen LogP contribution in [0.5, 0.6) is 0 Å². The zero-order valence-electron chi connectivity index (χ0n) is 29.2. The van der Waals surface area contributed by atoms with Gasteiger partial charge in [0.15, 0.2) is 12.6 Å². The molecule has 0 aromatic heterocycles. The summed E-state index contributed by atoms with van der Waals surface area (Å²) in [6.07, 6.45) is 2.99. The Kier molecular flexibility index (Phi) is 21.9. The van der Waals surface area contributed by atoms with E-state index in [0.29, 0.717) is 12.8 Å². The lowest BCUT2D eigenvalue weighted by molar-refractivity contribution is -0.359. The van der Waals surface area contributed by atoms with E-state index in [1.54, 1.807) is 6.08 Å². The average Bonchev–Trinajstić information content (AvgIpc) is 3.09. The van der Waals surface area contributed by atoms with Gasteiger partial charge in [-0.05, 0) is 25.7 Å². The Bertz CT molecular complexity index is 935. The van der Waals surface area contributed by atoms with Crippen LogP contribution in [0, 0.1) is 0 Å². The van der Waals surface area contributed by atoms with Crippen LogP contribution in [-0.2, 0) is 23.7 Å². The van der Waals surface area contributed by atoms with Gasteiger partial charge in [-0.1, -0.05) is 89.5 Å². The number of aliphatic hydroxyl groups is 8. The van der Waals surface area contributed by atoms with Crippen molar-refractivity contribution in [3.8, 4) is 0 Å². The zero-order chi connectivity index (χ0) is 36.2. The van der Waals surface area contributed by atoms with Crippen LogP contribution in [0.3, 0.4) is 0 Å². The molecule has 2 fully saturated rings. The Morgan fingerprint density at radius 1 is 0.714 bits per heavy atom. The van der Waals surface area contributed by atoms with Crippen LogP contribution in [0.1, 0.15) is 97.3 Å². The van der Waals surface area contributed by atoms with Gasteiger partial charge in [-0.15, -0.1) is 0 Å². The first kappa shape index (κ1) is 43.6. The molecule has 0 aliphatic carbocycles. The minimum Gasteiger partial charge on any atom is -0.394 e. The highest BCUT2D eigenvalue weighted by atomic mass is 16.7. The Labute approximate surface area is 290 Å². The Morgan fingerprint density at radius 3 is 1.98 bits per heavy atom. The van der Waals surface area contributed by atoms with Gasteiger partial charge in [-0.2, -0.15) is 0 Å². The number of ether oxygens (including phenoxy) is 4. The lowest BCUT2D eigenvalue weighted by Crippen LogP contribution is -2.65. The molecule has 2 aliphatic heterocycles. The van der Waals surface area contributed by atoms with Crippen LogP contribution in [0.4, 0.5) is 0 Å². The third kappa shape index (κ3) is 14.9. The van der Waals surface area contributed by atoms with Gasteiger partial charge in [-0.3, -0.25) is 4.79 Å². The highest BCUT2D eigenvalue weighted by Crippen LogP contribution is 2.29. The molecule has 14 heteroatoms. The van der Waals surface area contributed by atoms with Gasteiger partial charge >= 0.3 is 0 Å². The molecule has 49 heavy (non-hydrogen) atoms. The summed E-state index contributed by atoms with van der Waals surface area (Å²) in [6, 6.07) is -0.919. The number of hydrogen-bond donors (Lipinski definition) is 9. The molecule has 2 heterocycles. The van der Waals surface area contributed by atoms with Crippen molar-refractivity contribution in [2.75, 3.05) is 19.8 Å². The molecule has 0 saturated carbocycles. The van der Waals surface area contributed by atoms with Gasteiger partial charge in [-0.25, -0.2) is 0 Å². The minimum absolute atomic E-state index is 0.264. The fourth-order valence-electron chi connectivity index (χ4n) is 5.76. The molecular formula is C35H63NO13. The van der Waals surface area contributed by atoms with Crippen molar-refractivity contribution in [3.05, 3.63) is 24.3 Å². The SMILES string of the molecule is CCCC/C=C/CC/C=C/C(O)C(COC1OC(CO)C(OC2OC(CO)C(O)C(O)C2O)C(O)C1O)NC(=O)CCCCCCCCC. The first-order valence-electron chi connectivity index (χ1n) is 18.1. The minimum atomic E-state index is -1.78. The van der Waals surface area contributed by atoms with Crippen molar-refractivity contribution >= 4 is 5.91 Å². The molecule has 14 nitrogen and oxygen atoms in total. The van der Waals surface area contributed by atoms with E-state index >= 15 is 0 Å². The van der Waals surface area contributed by atoms with Crippen LogP contribution in [0.15, 0.2) is 24.3 Å². The van der Waals surface area contributed by atoms with Crippen LogP contribution in [-0.4, -0.2) is 140 Å². The van der Waals surface area contributed by atoms with Crippen LogP contribution < -0.4 is 5.32 Å². The third-order valence-electron chi connectivity index (χ3n) is 8.89. The maximum atomic E-state index is 12.8. The second-order valence-electron chi connectivity index (χ2n) is 13.0. The number of allylic oxidation sites excluding steroid dienone is 3. The van der Waals surface area contributed by atoms with Gasteiger partial charge in [0.05, 0.1) is 32.0 Å². The topological polar surface area (TPSA) is 228 Å². The lowest BCUT2D eigenvalue weighted by atomic mass is 9.97. The van der Waals surface area contributed by atoms with E-state index in [1.165, 1.54) is 12.8 Å². The summed E-state index contributed by atoms with van der Waals surface area (Å²) >= 11 is 0. The van der Waals surface area contributed by atoms with Crippen LogP contribution in [0.2, 0.25) is 0 Å². The fourth-order valence-corrected chi connectivity index (χ4v) is 5.76. The second-order valence-corrected chi connectivity index (χ2v) is 13.0. The van der Waals surface area contributed by atoms with E-state index < -0.39 is 86.8 Å². The standard InChI is InChI=1S/C35H63NO13/c1-3-5-7-9-11-13-14-16-18-24(39)23(36-27(40)19-17-15-12-10-8-6-4-2)22-46-34-32(45)30(43)33(26(21-38)48-34)49-35-31(44)29(42)28(41)25(20-37)47-35/h9,11,16,18,23-26,28-35,37-39,41-45H,3-8,10,12-15,17,19-22H2,1-2H3,(H,36,40)/b11-9+,18-16+. The molecule has 0 radical (unpaired) electrons. The predicted octanol–water partition coefficient (Wildman–Crippen LogP) is 0.696. The van der Waals surface area contributed by atoms with E-state index in [4.69, 9.17) is 18.9 Å². The molecule has 0 aromatic rings. The smallest absolute Gasteiger partial charge is 0.220 e. The molecule has 286 valence electrons. The molecule has 0 spiro atoms. The molecule has 1 amide bonds. The zero-order valence-corrected chi connectivity index (χ0v) is 29.2. The molecule has 12 atom stereocenters. The van der Waals surface area contributed by atoms with Gasteiger partial charge in [0.1, 0.15) is 48.8 Å². The summed E-state index contributed by atoms with van der Waals surface area (Å²) in [4.78, 5) is 12.8. The Morgan fingerprint density at radius 2 is 1.31 bits per heavy atom. The number of aliphatic hydroxyl groups excluding tert-OH is 8. The first-order valence-corrected chi connectivity index (χ1v) is 18.1. The third-order valence-corrected chi connectivity index (χ3v) is 8.89. The van der Waals surface area contributed by atoms with Gasteiger partial charge < -0.3 is 65.1 Å². The quantitative estimate of drug-likeness (QED) is 0.0498. The molecule has 2 rings (SSSR count). The summed E-state index contributed by atoms with van der Waals surface area (Å²) in [7, 11) is 0. The first-order chi connectivity index (χ1) is 23.6. The molecule has 9 N–H and O–H groups in total. The monoisotopic (exact) mass is 705 g/mol. The number of nitrogens with one attached hydrogen (secondary N) is 1. The molecule has 0 bridgehead atoms. The normalized spacial score (nSPS) is 32.1. The Balaban J connectivity index is 2.02. The number of hydrogen-bond acceptors (Lipinski definition) is 13. The van der Waals surface area contributed by atoms with Crippen molar-refractivity contribution in [1.29, 1.82) is 0 Å². The molecule has 12 unspecified atom stereocenters. The molecule has 2 saturated heterocycles. The van der Waals surface area contributed by atoms with Crippen LogP contribution in [0.25, 0.3) is 0 Å². The van der Waals surface area contributed by atoms with Crippen molar-refractivity contribution in [2.24, 2.45) is 0 Å². The number of carbonyl (C=O) groups excluding carboxylic acids is 1. The number of carbonyl (C=O) groups is 1. The van der Waals surface area contributed by atoms with E-state index in [9.17, 15) is 45.6 Å². The van der Waals surface area contributed by atoms with E-state index in [1.807, 2.05) is 6.08 Å². The summed E-state index contributed by atoms with van der Waals surface area (Å²) < 4.78 is 22.4. The highest BCUT2D eigenvalue weighted by molar-refractivity contribution is 5.76. The van der Waals surface area contributed by atoms with Gasteiger partial charge in [0.2, 0.25) is 5.91 Å². The average molecular weight is 706 g/mol. The summed E-state index contributed by atoms with van der Waals surface area (Å²) in [5.74, 6) is -0.264. The summed E-state index contributed by atoms with van der Waals surface area (Å²) in [6.45, 7) is 2.56. The van der Waals surface area contributed by atoms with E-state index in [0.717, 1.165) is 51.4 Å². The Hall–Kier alpha value is -1.53. The highest BCUT2D eigenvalue weighted by Gasteiger charge is 2.50. The van der Waals surface area contributed by atoms with Crippen molar-refractivity contribution < 1.29 is 64.6 Å². The van der Waals surface area contributed by atoms with Crippen molar-refractivity contribution in [2.45, 2.75) is 171 Å². The second kappa shape index (κ2) is 24.6. The van der Waals surface area contributed by atoms with E-state index in [2.05, 4.69) is 31.3 Å². The van der Waals surface area contributed by atoms with Crippen molar-refractivity contribution in [1.82, 2.24) is 5.32 Å². The number of amides is 1. The summed E-state index contributed by atoms with van der Waals surface area (Å²) in [5, 5.41) is 85.6. The van der Waals surface area contributed by atoms with E-state index in [-0.39, 0.29) is 18.9 Å². The van der Waals surface area contributed by atoms with Gasteiger partial charge in [0, 0.05) is 6.42 Å². The number of rotatable bonds is 24. The summed E-state index contributed by atoms with van der Waals surface area (Å²) in [5.41, 5.74) is 0. The largest absolute Gasteiger partial charge is 0.394 e. The predicted molar refractivity (Wildman–Crippen MR) is 180 cm³/mol. The maximum Gasteiger partial charge on any atom is 0.220 e. The fraction of sp³-hybridized carbons (Fsp3) is 0.857. The maximum absolute atomic E-state index is 12.8. The van der Waals surface area contributed by atoms with Crippen molar-refractivity contribution in [3.63, 3.8) is 0 Å². The molecular weight excluding hydrogens is 642 g/mol.